The van der Waals surface area contributed by atoms with Gasteiger partial charge in [0.2, 0.25) is 5.91 Å². The Balaban J connectivity index is 1.40. The Morgan fingerprint density at radius 2 is 1.80 bits per heavy atom. The molecular formula is C29H30N6O8S2. The average Bonchev–Trinajstić information content (AvgIpc) is 2.97. The number of aromatic nitrogens is 1. The monoisotopic (exact) mass is 654 g/mol. The summed E-state index contributed by atoms with van der Waals surface area (Å²) in [7, 11) is -8.78. The third kappa shape index (κ3) is 6.66. The van der Waals surface area contributed by atoms with Gasteiger partial charge in [-0.2, -0.15) is 16.8 Å². The molecule has 2 aliphatic rings. The smallest absolute Gasteiger partial charge is 0.338 e. The molecule has 0 fully saturated rings. The van der Waals surface area contributed by atoms with Crippen LogP contribution in [-0.2, 0) is 29.8 Å². The number of esters is 1. The number of Topliss-reactive ketones (excluding diaryl/α,β-unsaturated/α-hetero) is 1. The van der Waals surface area contributed by atoms with Gasteiger partial charge in [-0.25, -0.2) is 9.78 Å². The van der Waals surface area contributed by atoms with E-state index in [2.05, 4.69) is 24.1 Å². The Hall–Kier alpha value is -4.83. The number of hydrogen-bond acceptors (Lipinski definition) is 10. The highest BCUT2D eigenvalue weighted by Crippen LogP contribution is 2.35. The lowest BCUT2D eigenvalue weighted by Gasteiger charge is -2.34. The molecule has 0 radical (unpaired) electrons. The van der Waals surface area contributed by atoms with Crippen molar-refractivity contribution in [3.63, 3.8) is 0 Å². The summed E-state index contributed by atoms with van der Waals surface area (Å²) in [6, 6.07) is 12.4. The molecule has 3 N–H and O–H groups in total. The van der Waals surface area contributed by atoms with Gasteiger partial charge >= 0.3 is 16.2 Å². The topological polar surface area (TPSA) is 193 Å². The number of ketones is 1. The molecule has 0 saturated heterocycles. The van der Waals surface area contributed by atoms with Gasteiger partial charge < -0.3 is 10.1 Å². The van der Waals surface area contributed by atoms with Crippen LogP contribution >= 0.6 is 0 Å². The molecule has 16 heteroatoms. The number of nitrogens with one attached hydrogen (secondary N) is 3. The number of amides is 1. The van der Waals surface area contributed by atoms with Crippen LogP contribution in [0.15, 0.2) is 70.1 Å². The molecule has 2 aliphatic heterocycles. The van der Waals surface area contributed by atoms with Crippen molar-refractivity contribution < 1.29 is 36.0 Å². The van der Waals surface area contributed by atoms with Crippen LogP contribution < -0.4 is 19.7 Å². The Labute approximate surface area is 260 Å². The highest BCUT2D eigenvalue weighted by molar-refractivity contribution is 7.94. The van der Waals surface area contributed by atoms with Crippen LogP contribution in [0.4, 0.5) is 22.9 Å². The average molecular weight is 655 g/mol. The first kappa shape index (κ1) is 31.6. The van der Waals surface area contributed by atoms with Crippen LogP contribution in [0.5, 0.6) is 0 Å². The fourth-order valence-electron chi connectivity index (χ4n) is 4.80. The molecule has 0 aliphatic carbocycles. The number of nitrogens with zero attached hydrogens (tertiary/aromatic N) is 3. The van der Waals surface area contributed by atoms with Crippen molar-refractivity contribution in [2.24, 2.45) is 16.2 Å². The summed E-state index contributed by atoms with van der Waals surface area (Å²) in [6.45, 7) is 6.03. The molecule has 1 atom stereocenters. The SMILES string of the molecule is CCOC(=O)c1cccc(NS(=O)(=O)Nc2ccc3c(c2)S(=O)(=O)N=C(C2C(=O)c4cccnc4N(CCC(C)C)C2=O)N3)c1. The maximum Gasteiger partial charge on any atom is 0.338 e. The van der Waals surface area contributed by atoms with Crippen LogP contribution in [0.2, 0.25) is 0 Å². The van der Waals surface area contributed by atoms with E-state index in [4.69, 9.17) is 4.74 Å². The predicted octanol–water partition coefficient (Wildman–Crippen LogP) is 3.43. The number of carbonyl (C=O) groups is 3. The molecule has 0 spiro atoms. The molecule has 14 nitrogen and oxygen atoms in total. The molecule has 1 unspecified atom stereocenters. The summed E-state index contributed by atoms with van der Waals surface area (Å²) in [5.41, 5.74) is 0.259. The third-order valence-corrected chi connectivity index (χ3v) is 9.24. The number of sulfonamides is 1. The number of amidine groups is 1. The Morgan fingerprint density at radius 1 is 1.07 bits per heavy atom. The number of ether oxygens (including phenoxy) is 1. The number of anilines is 4. The lowest BCUT2D eigenvalue weighted by atomic mass is 9.90. The molecule has 5 rings (SSSR count). The Bertz CT molecular complexity index is 1940. The standard InChI is InChI=1S/C29H30N6O8S2/c1-4-43-29(38)18-7-5-8-19(15-18)32-45(41,42)33-20-10-11-22-23(16-20)44(39,40)34-26(31-22)24-25(36)21-9-6-13-30-27(21)35(28(24)37)14-12-17(2)3/h5-11,13,15-17,24,32-33H,4,12,14H2,1-3H3,(H,31,34). The summed E-state index contributed by atoms with van der Waals surface area (Å²) in [4.78, 5) is 44.3. The molecule has 1 amide bonds. The summed E-state index contributed by atoms with van der Waals surface area (Å²) < 4.78 is 65.6. The summed E-state index contributed by atoms with van der Waals surface area (Å²) >= 11 is 0. The molecule has 3 heterocycles. The molecule has 3 aromatic rings. The maximum absolute atomic E-state index is 13.6. The third-order valence-electron chi connectivity index (χ3n) is 6.91. The van der Waals surface area contributed by atoms with Crippen molar-refractivity contribution in [3.8, 4) is 0 Å². The molecule has 2 aromatic carbocycles. The van der Waals surface area contributed by atoms with Gasteiger partial charge in [-0.15, -0.1) is 4.40 Å². The minimum Gasteiger partial charge on any atom is -0.462 e. The fourth-order valence-corrected chi connectivity index (χ4v) is 6.91. The Kier molecular flexibility index (Phi) is 8.62. The molecule has 45 heavy (non-hydrogen) atoms. The van der Waals surface area contributed by atoms with E-state index >= 15 is 0 Å². The summed E-state index contributed by atoms with van der Waals surface area (Å²) in [5.74, 6) is -3.38. The number of carbonyl (C=O) groups excluding carboxylic acids is 3. The van der Waals surface area contributed by atoms with E-state index in [1.165, 1.54) is 53.6 Å². The van der Waals surface area contributed by atoms with Gasteiger partial charge in [-0.3, -0.25) is 23.9 Å². The van der Waals surface area contributed by atoms with Crippen molar-refractivity contribution in [2.45, 2.75) is 32.1 Å². The number of fused-ring (bicyclic) bond motifs is 2. The number of rotatable bonds is 10. The maximum atomic E-state index is 13.6. The molecule has 1 aromatic heterocycles. The van der Waals surface area contributed by atoms with Crippen LogP contribution in [0.3, 0.4) is 0 Å². The first-order chi connectivity index (χ1) is 21.3. The first-order valence-corrected chi connectivity index (χ1v) is 16.9. The molecule has 236 valence electrons. The highest BCUT2D eigenvalue weighted by Gasteiger charge is 2.45. The van der Waals surface area contributed by atoms with Gasteiger partial charge in [0.1, 0.15) is 16.5 Å². The number of benzene rings is 2. The van der Waals surface area contributed by atoms with Crippen LogP contribution in [-0.4, -0.2) is 58.5 Å². The molecule has 0 bridgehead atoms. The van der Waals surface area contributed by atoms with Crippen LogP contribution in [0.1, 0.15) is 47.9 Å². The van der Waals surface area contributed by atoms with Crippen molar-refractivity contribution in [1.82, 2.24) is 4.98 Å². The highest BCUT2D eigenvalue weighted by atomic mass is 32.2. The minimum atomic E-state index is -4.49. The van der Waals surface area contributed by atoms with Gasteiger partial charge in [0.05, 0.1) is 34.8 Å². The zero-order chi connectivity index (χ0) is 32.5. The number of hydrogen-bond donors (Lipinski definition) is 3. The van der Waals surface area contributed by atoms with E-state index in [9.17, 15) is 31.2 Å². The first-order valence-electron chi connectivity index (χ1n) is 13.9. The zero-order valence-corrected chi connectivity index (χ0v) is 26.1. The second-order valence-electron chi connectivity index (χ2n) is 10.6. The molecule has 0 saturated carbocycles. The predicted molar refractivity (Wildman–Crippen MR) is 167 cm³/mol. The fraction of sp³-hybridized carbons (Fsp3) is 0.276. The van der Waals surface area contributed by atoms with Gasteiger partial charge in [-0.05, 0) is 67.8 Å². The van der Waals surface area contributed by atoms with E-state index in [1.54, 1.807) is 13.0 Å². The van der Waals surface area contributed by atoms with Crippen LogP contribution in [0.25, 0.3) is 0 Å². The lowest BCUT2D eigenvalue weighted by Crippen LogP contribution is -2.51. The van der Waals surface area contributed by atoms with E-state index < -0.39 is 43.8 Å². The van der Waals surface area contributed by atoms with E-state index in [0.717, 1.165) is 6.07 Å². The lowest BCUT2D eigenvalue weighted by molar-refractivity contribution is -0.119. The largest absolute Gasteiger partial charge is 0.462 e. The van der Waals surface area contributed by atoms with Crippen molar-refractivity contribution in [2.75, 3.05) is 32.8 Å². The van der Waals surface area contributed by atoms with Gasteiger partial charge in [0.15, 0.2) is 11.7 Å². The van der Waals surface area contributed by atoms with Crippen molar-refractivity contribution in [3.05, 3.63) is 71.9 Å². The quantitative estimate of drug-likeness (QED) is 0.215. The zero-order valence-electron chi connectivity index (χ0n) is 24.5. The normalized spacial score (nSPS) is 17.1. The summed E-state index contributed by atoms with van der Waals surface area (Å²) in [5, 5.41) is 2.80. The van der Waals surface area contributed by atoms with Gasteiger partial charge in [-0.1, -0.05) is 19.9 Å². The number of pyridine rings is 1. The van der Waals surface area contributed by atoms with Crippen molar-refractivity contribution >= 4 is 66.6 Å². The van der Waals surface area contributed by atoms with Gasteiger partial charge in [0.25, 0.3) is 10.0 Å². The Morgan fingerprint density at radius 3 is 2.51 bits per heavy atom. The van der Waals surface area contributed by atoms with Crippen LogP contribution in [0, 0.1) is 11.8 Å². The van der Waals surface area contributed by atoms with E-state index in [0.29, 0.717) is 6.42 Å². The second kappa shape index (κ2) is 12.3. The van der Waals surface area contributed by atoms with Crippen molar-refractivity contribution in [1.29, 1.82) is 0 Å². The minimum absolute atomic E-state index is 0.00404. The van der Waals surface area contributed by atoms with Gasteiger partial charge in [0, 0.05) is 12.7 Å². The molecular weight excluding hydrogens is 624 g/mol. The van der Waals surface area contributed by atoms with E-state index in [-0.39, 0.29) is 63.8 Å². The summed E-state index contributed by atoms with van der Waals surface area (Å²) in [6.07, 6.45) is 2.09. The van der Waals surface area contributed by atoms with E-state index in [1.807, 2.05) is 13.8 Å². The second-order valence-corrected chi connectivity index (χ2v) is 13.6.